The Bertz CT molecular complexity index is 760. The van der Waals surface area contributed by atoms with Gasteiger partial charge in [0.25, 0.3) is 0 Å². The Labute approximate surface area is 191 Å². The molecule has 0 saturated heterocycles. The monoisotopic (exact) mass is 415 g/mol. The third-order valence-corrected chi connectivity index (χ3v) is 7.73. The molecule has 0 unspecified atom stereocenters. The highest BCUT2D eigenvalue weighted by molar-refractivity contribution is 5.26. The Kier molecular flexibility index (Phi) is 9.67. The molecule has 3 rings (SSSR count). The van der Waals surface area contributed by atoms with Crippen molar-refractivity contribution in [2.24, 2.45) is 17.8 Å². The number of aryl methyl sites for hydroxylation is 1. The van der Waals surface area contributed by atoms with Crippen molar-refractivity contribution in [1.29, 1.82) is 5.26 Å². The van der Waals surface area contributed by atoms with E-state index < -0.39 is 0 Å². The number of benzene rings is 1. The van der Waals surface area contributed by atoms with Gasteiger partial charge in [-0.15, -0.1) is 0 Å². The molecule has 2 aliphatic carbocycles. The van der Waals surface area contributed by atoms with Crippen molar-refractivity contribution in [2.45, 2.75) is 89.9 Å². The average molecular weight is 416 g/mol. The van der Waals surface area contributed by atoms with E-state index in [4.69, 9.17) is 5.26 Å². The van der Waals surface area contributed by atoms with Gasteiger partial charge in [0, 0.05) is 6.08 Å². The number of nitrogens with zero attached hydrogens (tertiary/aromatic N) is 1. The van der Waals surface area contributed by atoms with Crippen molar-refractivity contribution >= 4 is 0 Å². The van der Waals surface area contributed by atoms with Gasteiger partial charge in [0.15, 0.2) is 0 Å². The molecule has 0 heterocycles. The van der Waals surface area contributed by atoms with E-state index in [0.29, 0.717) is 5.92 Å². The Morgan fingerprint density at radius 1 is 0.935 bits per heavy atom. The van der Waals surface area contributed by atoms with Crippen LogP contribution in [0.5, 0.6) is 0 Å². The fourth-order valence-electron chi connectivity index (χ4n) is 5.67. The van der Waals surface area contributed by atoms with E-state index in [0.717, 1.165) is 17.8 Å². The van der Waals surface area contributed by atoms with Crippen LogP contribution in [-0.2, 0) is 6.42 Å². The molecule has 2 aliphatic rings. The van der Waals surface area contributed by atoms with Gasteiger partial charge >= 0.3 is 0 Å². The Morgan fingerprint density at radius 2 is 1.58 bits per heavy atom. The first-order valence-electron chi connectivity index (χ1n) is 12.7. The highest BCUT2D eigenvalue weighted by Crippen LogP contribution is 2.43. The normalized spacial score (nSPS) is 26.8. The standard InChI is InChI=1S/C30H41N/c1-3-4-6-9-25-13-17-29(18-14-25)30-21-19-28(20-22-30)24(2)27-15-11-26(12-16-27)10-7-5-8-23-31/h5,7-8,10,13-14,17-18,26-28,30H,2-4,6,9,11-12,15-16,19-22H2,1H3. The maximum Gasteiger partial charge on any atom is 0.0912 e. The summed E-state index contributed by atoms with van der Waals surface area (Å²) in [7, 11) is 0. The van der Waals surface area contributed by atoms with Crippen LogP contribution < -0.4 is 0 Å². The van der Waals surface area contributed by atoms with Crippen molar-refractivity contribution in [2.75, 3.05) is 0 Å². The second-order valence-electron chi connectivity index (χ2n) is 9.81. The van der Waals surface area contributed by atoms with Crippen LogP contribution in [-0.4, -0.2) is 0 Å². The lowest BCUT2D eigenvalue weighted by Gasteiger charge is -2.36. The second kappa shape index (κ2) is 12.7. The molecule has 166 valence electrons. The number of nitriles is 1. The van der Waals surface area contributed by atoms with Gasteiger partial charge in [0.1, 0.15) is 0 Å². The highest BCUT2D eigenvalue weighted by atomic mass is 14.3. The van der Waals surface area contributed by atoms with Gasteiger partial charge in [0.2, 0.25) is 0 Å². The lowest BCUT2D eigenvalue weighted by atomic mass is 9.70. The minimum atomic E-state index is 0.674. The third-order valence-electron chi connectivity index (χ3n) is 7.73. The molecule has 2 fully saturated rings. The number of unbranched alkanes of at least 4 members (excludes halogenated alkanes) is 2. The molecule has 31 heavy (non-hydrogen) atoms. The molecule has 0 aromatic heterocycles. The van der Waals surface area contributed by atoms with Crippen molar-refractivity contribution in [3.05, 3.63) is 71.8 Å². The minimum absolute atomic E-state index is 0.674. The summed E-state index contributed by atoms with van der Waals surface area (Å²) in [6.45, 7) is 6.87. The van der Waals surface area contributed by atoms with E-state index in [9.17, 15) is 0 Å². The summed E-state index contributed by atoms with van der Waals surface area (Å²) in [5.41, 5.74) is 4.61. The summed E-state index contributed by atoms with van der Waals surface area (Å²) in [5.74, 6) is 2.88. The van der Waals surface area contributed by atoms with Crippen LogP contribution in [0.25, 0.3) is 0 Å². The van der Waals surface area contributed by atoms with Crippen LogP contribution >= 0.6 is 0 Å². The van der Waals surface area contributed by atoms with E-state index in [2.05, 4.69) is 43.8 Å². The summed E-state index contributed by atoms with van der Waals surface area (Å²) in [6.07, 6.45) is 23.3. The lowest BCUT2D eigenvalue weighted by Crippen LogP contribution is -2.22. The predicted octanol–water partition coefficient (Wildman–Crippen LogP) is 8.69. The topological polar surface area (TPSA) is 23.8 Å². The molecule has 1 nitrogen and oxygen atoms in total. The lowest BCUT2D eigenvalue weighted by molar-refractivity contribution is 0.290. The van der Waals surface area contributed by atoms with Crippen LogP contribution in [0.15, 0.2) is 60.7 Å². The van der Waals surface area contributed by atoms with E-state index in [1.165, 1.54) is 82.6 Å². The Morgan fingerprint density at radius 3 is 2.19 bits per heavy atom. The van der Waals surface area contributed by atoms with Gasteiger partial charge in [-0.25, -0.2) is 0 Å². The molecule has 0 spiro atoms. The van der Waals surface area contributed by atoms with Crippen molar-refractivity contribution in [3.63, 3.8) is 0 Å². The number of rotatable bonds is 9. The fraction of sp³-hybridized carbons (Fsp3) is 0.567. The van der Waals surface area contributed by atoms with Crippen LogP contribution in [0.3, 0.4) is 0 Å². The SMILES string of the molecule is C=C(C1CCC(C=CC=CC#N)CC1)C1CCC(c2ccc(CCCCC)cc2)CC1. The first-order chi connectivity index (χ1) is 15.2. The molecule has 0 atom stereocenters. The molecule has 0 aliphatic heterocycles. The average Bonchev–Trinajstić information content (AvgIpc) is 2.83. The highest BCUT2D eigenvalue weighted by Gasteiger charge is 2.29. The van der Waals surface area contributed by atoms with Crippen molar-refractivity contribution in [3.8, 4) is 6.07 Å². The number of hydrogen-bond donors (Lipinski definition) is 0. The van der Waals surface area contributed by atoms with Crippen LogP contribution in [0.2, 0.25) is 0 Å². The van der Waals surface area contributed by atoms with E-state index >= 15 is 0 Å². The van der Waals surface area contributed by atoms with Crippen molar-refractivity contribution < 1.29 is 0 Å². The minimum Gasteiger partial charge on any atom is -0.193 e. The number of allylic oxidation sites excluding steroid dienone is 5. The largest absolute Gasteiger partial charge is 0.193 e. The molecule has 0 bridgehead atoms. The van der Waals surface area contributed by atoms with Crippen LogP contribution in [0, 0.1) is 29.1 Å². The van der Waals surface area contributed by atoms with E-state index in [1.54, 1.807) is 17.2 Å². The van der Waals surface area contributed by atoms with Crippen LogP contribution in [0.4, 0.5) is 0 Å². The first-order valence-corrected chi connectivity index (χ1v) is 12.7. The van der Waals surface area contributed by atoms with Gasteiger partial charge in [-0.3, -0.25) is 0 Å². The molecule has 2 saturated carbocycles. The van der Waals surface area contributed by atoms with Gasteiger partial charge in [0.05, 0.1) is 6.07 Å². The fourth-order valence-corrected chi connectivity index (χ4v) is 5.67. The van der Waals surface area contributed by atoms with Gasteiger partial charge in [-0.1, -0.05) is 74.4 Å². The Balaban J connectivity index is 1.41. The van der Waals surface area contributed by atoms with Gasteiger partial charge in [-0.2, -0.15) is 5.26 Å². The summed E-state index contributed by atoms with van der Waals surface area (Å²) >= 11 is 0. The Hall–Kier alpha value is -2.07. The maximum atomic E-state index is 8.57. The smallest absolute Gasteiger partial charge is 0.0912 e. The molecule has 0 radical (unpaired) electrons. The molecule has 1 aromatic rings. The predicted molar refractivity (Wildman–Crippen MR) is 133 cm³/mol. The molecule has 0 N–H and O–H groups in total. The first kappa shape index (κ1) is 23.6. The molecule has 1 aromatic carbocycles. The maximum absolute atomic E-state index is 8.57. The zero-order valence-corrected chi connectivity index (χ0v) is 19.6. The van der Waals surface area contributed by atoms with Gasteiger partial charge < -0.3 is 0 Å². The van der Waals surface area contributed by atoms with Gasteiger partial charge in [-0.05, 0) is 99.0 Å². The van der Waals surface area contributed by atoms with E-state index in [-0.39, 0.29) is 0 Å². The second-order valence-corrected chi connectivity index (χ2v) is 9.81. The summed E-state index contributed by atoms with van der Waals surface area (Å²) in [4.78, 5) is 0. The molecular formula is C30H41N. The summed E-state index contributed by atoms with van der Waals surface area (Å²) in [6, 6.07) is 11.6. The molecular weight excluding hydrogens is 374 g/mol. The molecule has 1 heteroatoms. The van der Waals surface area contributed by atoms with E-state index in [1.807, 2.05) is 18.2 Å². The summed E-state index contributed by atoms with van der Waals surface area (Å²) < 4.78 is 0. The number of hydrogen-bond acceptors (Lipinski definition) is 1. The quantitative estimate of drug-likeness (QED) is 0.171. The van der Waals surface area contributed by atoms with Crippen molar-refractivity contribution in [1.82, 2.24) is 0 Å². The summed E-state index contributed by atoms with van der Waals surface area (Å²) in [5, 5.41) is 8.57. The zero-order chi connectivity index (χ0) is 21.9. The molecule has 0 amide bonds. The van der Waals surface area contributed by atoms with Crippen LogP contribution in [0.1, 0.15) is 94.6 Å². The third kappa shape index (κ3) is 7.24. The zero-order valence-electron chi connectivity index (χ0n) is 19.6.